The summed E-state index contributed by atoms with van der Waals surface area (Å²) in [5, 5.41) is 16.7. The molecule has 2 rings (SSSR count). The molecule has 34 heavy (non-hydrogen) atoms. The topological polar surface area (TPSA) is 80.0 Å². The van der Waals surface area contributed by atoms with Gasteiger partial charge in [-0.05, 0) is 51.2 Å². The maximum absolute atomic E-state index is 11.7. The third-order valence-electron chi connectivity index (χ3n) is 3.70. The highest BCUT2D eigenvalue weighted by Crippen LogP contribution is 2.19. The first-order valence-electron chi connectivity index (χ1n) is 11.0. The van der Waals surface area contributed by atoms with Gasteiger partial charge in [0.05, 0.1) is 11.6 Å². The number of nitrogens with one attached hydrogen (secondary N) is 1. The highest BCUT2D eigenvalue weighted by Gasteiger charge is 2.22. The van der Waals surface area contributed by atoms with Crippen LogP contribution in [0.1, 0.15) is 26.0 Å². The van der Waals surface area contributed by atoms with Gasteiger partial charge >= 0.3 is 5.97 Å². The Hall–Kier alpha value is -3.77. The van der Waals surface area contributed by atoms with Crippen molar-refractivity contribution >= 4 is 5.97 Å². The molecule has 2 aromatic heterocycles. The zero-order chi connectivity index (χ0) is 26.2. The minimum Gasteiger partial charge on any atom is -0.481 e. The van der Waals surface area contributed by atoms with E-state index in [-0.39, 0.29) is 0 Å². The van der Waals surface area contributed by atoms with Gasteiger partial charge in [0.1, 0.15) is 0 Å². The lowest BCUT2D eigenvalue weighted by molar-refractivity contribution is -0.140. The highest BCUT2D eigenvalue weighted by atomic mass is 16.4. The van der Waals surface area contributed by atoms with E-state index in [1.165, 1.54) is 0 Å². The number of aliphatic carboxylic acids is 1. The van der Waals surface area contributed by atoms with Crippen LogP contribution >= 0.6 is 0 Å². The lowest BCUT2D eigenvalue weighted by atomic mass is 9.93. The molecule has 0 radical (unpaired) electrons. The second kappa shape index (κ2) is 22.4. The van der Waals surface area contributed by atoms with Crippen LogP contribution in [0, 0.1) is 5.92 Å². The molecule has 2 N–H and O–H groups in total. The van der Waals surface area contributed by atoms with Crippen molar-refractivity contribution in [3.8, 4) is 5.82 Å². The first kappa shape index (κ1) is 32.4. The van der Waals surface area contributed by atoms with Crippen molar-refractivity contribution in [3.63, 3.8) is 0 Å². The van der Waals surface area contributed by atoms with E-state index in [4.69, 9.17) is 0 Å². The number of nitrogens with zero attached hydrogens (tertiary/aromatic N) is 3. The molecule has 0 saturated heterocycles. The fourth-order valence-corrected chi connectivity index (χ4v) is 2.29. The summed E-state index contributed by atoms with van der Waals surface area (Å²) >= 11 is 0. The van der Waals surface area contributed by atoms with Crippen LogP contribution in [0.2, 0.25) is 0 Å². The summed E-state index contributed by atoms with van der Waals surface area (Å²) in [5.41, 5.74) is 1.36. The average Bonchev–Trinajstić information content (AvgIpc) is 3.31. The third kappa shape index (κ3) is 15.1. The van der Waals surface area contributed by atoms with Gasteiger partial charge in [-0.15, -0.1) is 6.58 Å². The second-order valence-corrected chi connectivity index (χ2v) is 6.62. The zero-order valence-corrected chi connectivity index (χ0v) is 21.0. The zero-order valence-electron chi connectivity index (χ0n) is 21.0. The van der Waals surface area contributed by atoms with Crippen molar-refractivity contribution in [2.75, 3.05) is 14.1 Å². The Morgan fingerprint density at radius 2 is 1.79 bits per heavy atom. The fraction of sp³-hybridized carbons (Fsp3) is 0.250. The molecule has 1 atom stereocenters. The summed E-state index contributed by atoms with van der Waals surface area (Å²) in [6.07, 6.45) is 16.9. The molecule has 2 heterocycles. The fourth-order valence-electron chi connectivity index (χ4n) is 2.29. The van der Waals surface area contributed by atoms with E-state index in [1.807, 2.05) is 64.4 Å². The monoisotopic (exact) mass is 464 g/mol. The third-order valence-corrected chi connectivity index (χ3v) is 3.70. The number of allylic oxidation sites excluding steroid dienone is 7. The Balaban J connectivity index is 0. The summed E-state index contributed by atoms with van der Waals surface area (Å²) < 4.78 is 1.64. The summed E-state index contributed by atoms with van der Waals surface area (Å²) in [6, 6.07) is 7.37. The molecule has 6 heteroatoms. The van der Waals surface area contributed by atoms with Crippen molar-refractivity contribution in [2.24, 2.45) is 5.92 Å². The molecule has 0 spiro atoms. The van der Waals surface area contributed by atoms with Crippen molar-refractivity contribution < 1.29 is 9.90 Å². The molecular formula is C28H40N4O2. The second-order valence-electron chi connectivity index (χ2n) is 6.62. The van der Waals surface area contributed by atoms with Crippen LogP contribution in [0.25, 0.3) is 5.82 Å². The highest BCUT2D eigenvalue weighted by molar-refractivity contribution is 5.75. The van der Waals surface area contributed by atoms with Crippen molar-refractivity contribution in [2.45, 2.75) is 26.7 Å². The van der Waals surface area contributed by atoms with Gasteiger partial charge < -0.3 is 10.4 Å². The molecule has 0 saturated carbocycles. The van der Waals surface area contributed by atoms with Gasteiger partial charge in [0.15, 0.2) is 5.82 Å². The van der Waals surface area contributed by atoms with Gasteiger partial charge in [-0.2, -0.15) is 5.10 Å². The standard InChI is InChI=1S/C19H21N3O2.C4H6.C3H6.C2H7N/c1-3-5-6-9-15(4-2)17(19(23)24)14-16-11-13-22(21-16)18-10-7-8-12-20-18;1-3-4-2;2*1-3-2/h4-13,17H,2-3,14H2,1H3,(H,23,24);3-4H,1-2H2;3H,1H2,2H3;3H,1-2H3/b6-5-,15-9+;;;. The van der Waals surface area contributed by atoms with E-state index in [1.54, 1.807) is 47.5 Å². The minimum absolute atomic E-state index is 0.299. The number of carbonyl (C=O) groups is 1. The Morgan fingerprint density at radius 3 is 2.24 bits per heavy atom. The Kier molecular flexibility index (Phi) is 21.4. The van der Waals surface area contributed by atoms with Gasteiger partial charge in [0.2, 0.25) is 0 Å². The molecule has 0 amide bonds. The molecule has 0 fully saturated rings. The summed E-state index contributed by atoms with van der Waals surface area (Å²) in [4.78, 5) is 15.9. The van der Waals surface area contributed by atoms with Crippen molar-refractivity contribution in [1.29, 1.82) is 0 Å². The van der Waals surface area contributed by atoms with Crippen LogP contribution in [0.4, 0.5) is 0 Å². The van der Waals surface area contributed by atoms with Gasteiger partial charge in [-0.1, -0.05) is 75.3 Å². The van der Waals surface area contributed by atoms with Crippen LogP contribution in [-0.2, 0) is 11.2 Å². The lowest BCUT2D eigenvalue weighted by Crippen LogP contribution is -2.18. The van der Waals surface area contributed by atoms with E-state index in [0.717, 1.165) is 6.42 Å². The predicted molar refractivity (Wildman–Crippen MR) is 145 cm³/mol. The van der Waals surface area contributed by atoms with E-state index >= 15 is 0 Å². The summed E-state index contributed by atoms with van der Waals surface area (Å²) in [7, 11) is 3.75. The maximum Gasteiger partial charge on any atom is 0.311 e. The lowest BCUT2D eigenvalue weighted by Gasteiger charge is -2.11. The first-order chi connectivity index (χ1) is 16.4. The van der Waals surface area contributed by atoms with Gasteiger partial charge in [-0.25, -0.2) is 9.67 Å². The normalized spacial score (nSPS) is 10.8. The largest absolute Gasteiger partial charge is 0.481 e. The molecule has 1 unspecified atom stereocenters. The molecule has 184 valence electrons. The van der Waals surface area contributed by atoms with Gasteiger partial charge in [0.25, 0.3) is 0 Å². The van der Waals surface area contributed by atoms with Crippen molar-refractivity contribution in [3.05, 3.63) is 117 Å². The van der Waals surface area contributed by atoms with Crippen LogP contribution in [0.15, 0.2) is 111 Å². The maximum atomic E-state index is 11.7. The van der Waals surface area contributed by atoms with E-state index < -0.39 is 11.9 Å². The average molecular weight is 465 g/mol. The predicted octanol–water partition coefficient (Wildman–Crippen LogP) is 5.98. The number of carboxylic acid groups (broad SMARTS) is 1. The number of hydrogen-bond donors (Lipinski definition) is 2. The molecule has 0 aliphatic carbocycles. The molecule has 0 bridgehead atoms. The number of carboxylic acids is 1. The number of pyridine rings is 1. The first-order valence-corrected chi connectivity index (χ1v) is 11.0. The Morgan fingerprint density at radius 1 is 1.18 bits per heavy atom. The summed E-state index contributed by atoms with van der Waals surface area (Å²) in [6.45, 7) is 17.7. The number of hydrogen-bond acceptors (Lipinski definition) is 4. The Labute approximate surface area is 205 Å². The molecule has 0 aliphatic rings. The summed E-state index contributed by atoms with van der Waals surface area (Å²) in [5.74, 6) is -0.879. The minimum atomic E-state index is -0.890. The quantitative estimate of drug-likeness (QED) is 0.353. The van der Waals surface area contributed by atoms with Crippen molar-refractivity contribution in [1.82, 2.24) is 20.1 Å². The molecule has 6 nitrogen and oxygen atoms in total. The molecule has 0 aromatic carbocycles. The number of aromatic nitrogens is 3. The van der Waals surface area contributed by atoms with E-state index in [0.29, 0.717) is 23.5 Å². The van der Waals surface area contributed by atoms with Gasteiger partial charge in [0, 0.05) is 18.8 Å². The molecule has 2 aromatic rings. The van der Waals surface area contributed by atoms with E-state index in [9.17, 15) is 9.90 Å². The SMILES string of the molecule is C=C/C(=C\C=C/CC)C(Cc1ccn(-c2ccccn2)n1)C(=O)O.C=CC.C=CC=C.CNC. The molecule has 0 aliphatic heterocycles. The number of rotatable bonds is 9. The van der Waals surface area contributed by atoms with Crippen LogP contribution < -0.4 is 5.32 Å². The van der Waals surface area contributed by atoms with Crippen LogP contribution in [0.3, 0.4) is 0 Å². The Bertz CT molecular complexity index is 890. The smallest absolute Gasteiger partial charge is 0.311 e. The van der Waals surface area contributed by atoms with Crippen LogP contribution in [0.5, 0.6) is 0 Å². The van der Waals surface area contributed by atoms with Crippen LogP contribution in [-0.4, -0.2) is 39.9 Å². The van der Waals surface area contributed by atoms with E-state index in [2.05, 4.69) is 41.7 Å². The molecular weight excluding hydrogens is 424 g/mol. The van der Waals surface area contributed by atoms with Gasteiger partial charge in [-0.3, -0.25) is 4.79 Å².